The minimum atomic E-state index is -0.510. The van der Waals surface area contributed by atoms with Gasteiger partial charge in [0.15, 0.2) is 0 Å². The Morgan fingerprint density at radius 2 is 2.37 bits per heavy atom. The molecule has 0 radical (unpaired) electrons. The zero-order chi connectivity index (χ0) is 13.9. The summed E-state index contributed by atoms with van der Waals surface area (Å²) in [5.74, 6) is 0.643. The van der Waals surface area contributed by atoms with Crippen LogP contribution in [0.4, 0.5) is 0 Å². The molecule has 4 heteroatoms. The van der Waals surface area contributed by atoms with E-state index in [1.54, 1.807) is 0 Å². The van der Waals surface area contributed by atoms with Gasteiger partial charge in [0.1, 0.15) is 0 Å². The molecule has 4 nitrogen and oxygen atoms in total. The second kappa shape index (κ2) is 6.06. The Balaban J connectivity index is 1.83. The Bertz CT molecular complexity index is 416. The van der Waals surface area contributed by atoms with Crippen molar-refractivity contribution in [3.8, 4) is 0 Å². The molecule has 1 fully saturated rings. The van der Waals surface area contributed by atoms with E-state index in [-0.39, 0.29) is 0 Å². The first-order valence-corrected chi connectivity index (χ1v) is 7.47. The fourth-order valence-corrected chi connectivity index (χ4v) is 3.13. The molecular formula is C15H27N3O. The van der Waals surface area contributed by atoms with Gasteiger partial charge in [-0.3, -0.25) is 4.68 Å². The number of nitrogens with zero attached hydrogens (tertiary/aromatic N) is 2. The van der Waals surface area contributed by atoms with E-state index in [1.165, 1.54) is 12.1 Å². The molecule has 0 aromatic carbocycles. The zero-order valence-electron chi connectivity index (χ0n) is 12.4. The Morgan fingerprint density at radius 1 is 1.58 bits per heavy atom. The van der Waals surface area contributed by atoms with Crippen molar-refractivity contribution in [3.63, 3.8) is 0 Å². The summed E-state index contributed by atoms with van der Waals surface area (Å²) in [7, 11) is 1.98. The molecule has 1 aromatic rings. The van der Waals surface area contributed by atoms with E-state index in [0.717, 1.165) is 37.9 Å². The lowest BCUT2D eigenvalue weighted by Gasteiger charge is -2.35. The van der Waals surface area contributed by atoms with Crippen LogP contribution in [-0.4, -0.2) is 27.0 Å². The number of aliphatic hydroxyl groups is 1. The second-order valence-corrected chi connectivity index (χ2v) is 6.13. The minimum absolute atomic E-state index is 0.510. The maximum absolute atomic E-state index is 10.6. The smallest absolute Gasteiger partial charge is 0.0774 e. The molecule has 2 atom stereocenters. The highest BCUT2D eigenvalue weighted by Gasteiger charge is 2.32. The third-order valence-corrected chi connectivity index (χ3v) is 4.22. The number of rotatable bonds is 5. The third kappa shape index (κ3) is 3.80. The van der Waals surface area contributed by atoms with Gasteiger partial charge >= 0.3 is 0 Å². The second-order valence-electron chi connectivity index (χ2n) is 6.13. The van der Waals surface area contributed by atoms with Crippen LogP contribution in [0, 0.1) is 5.92 Å². The fourth-order valence-electron chi connectivity index (χ4n) is 3.13. The number of nitrogens with one attached hydrogen (secondary N) is 1. The monoisotopic (exact) mass is 265 g/mol. The average Bonchev–Trinajstić information content (AvgIpc) is 2.70. The van der Waals surface area contributed by atoms with E-state index in [2.05, 4.69) is 30.3 Å². The number of aryl methyl sites for hydroxylation is 2. The molecule has 0 spiro atoms. The van der Waals surface area contributed by atoms with Gasteiger partial charge in [0.2, 0.25) is 0 Å². The predicted molar refractivity (Wildman–Crippen MR) is 76.9 cm³/mol. The first kappa shape index (κ1) is 14.5. The topological polar surface area (TPSA) is 50.1 Å². The Hall–Kier alpha value is -0.870. The highest BCUT2D eigenvalue weighted by atomic mass is 16.3. The number of aromatic nitrogens is 2. The fraction of sp³-hybridized carbons (Fsp3) is 0.800. The third-order valence-electron chi connectivity index (χ3n) is 4.22. The summed E-state index contributed by atoms with van der Waals surface area (Å²) in [6, 6.07) is 2.14. The highest BCUT2D eigenvalue weighted by molar-refractivity contribution is 5.10. The van der Waals surface area contributed by atoms with Crippen LogP contribution < -0.4 is 5.32 Å². The molecule has 0 amide bonds. The van der Waals surface area contributed by atoms with Crippen LogP contribution in [0.25, 0.3) is 0 Å². The summed E-state index contributed by atoms with van der Waals surface area (Å²) in [5.41, 5.74) is 1.80. The highest BCUT2D eigenvalue weighted by Crippen LogP contribution is 2.31. The summed E-state index contributed by atoms with van der Waals surface area (Å²) >= 11 is 0. The van der Waals surface area contributed by atoms with Gasteiger partial charge in [-0.15, -0.1) is 0 Å². The summed E-state index contributed by atoms with van der Waals surface area (Å²) in [6.07, 6.45) is 5.21. The van der Waals surface area contributed by atoms with Gasteiger partial charge in [0.25, 0.3) is 0 Å². The molecule has 1 aromatic heterocycles. The van der Waals surface area contributed by atoms with Crippen LogP contribution in [0.1, 0.15) is 50.9 Å². The average molecular weight is 265 g/mol. The van der Waals surface area contributed by atoms with Gasteiger partial charge in [-0.2, -0.15) is 5.10 Å². The lowest BCUT2D eigenvalue weighted by Crippen LogP contribution is -2.43. The summed E-state index contributed by atoms with van der Waals surface area (Å²) in [5, 5.41) is 18.4. The predicted octanol–water partition coefficient (Wildman–Crippen LogP) is 2.01. The quantitative estimate of drug-likeness (QED) is 0.856. The molecule has 0 aliphatic heterocycles. The zero-order valence-corrected chi connectivity index (χ0v) is 12.4. The van der Waals surface area contributed by atoms with Crippen molar-refractivity contribution in [2.45, 2.75) is 58.1 Å². The van der Waals surface area contributed by atoms with Crippen LogP contribution in [-0.2, 0) is 20.0 Å². The van der Waals surface area contributed by atoms with Crippen LogP contribution >= 0.6 is 0 Å². The first-order valence-electron chi connectivity index (χ1n) is 7.47. The largest absolute Gasteiger partial charge is 0.389 e. The van der Waals surface area contributed by atoms with Crippen LogP contribution in [0.15, 0.2) is 6.07 Å². The van der Waals surface area contributed by atoms with Crippen molar-refractivity contribution in [1.29, 1.82) is 0 Å². The number of hydrogen-bond donors (Lipinski definition) is 2. The van der Waals surface area contributed by atoms with Crippen molar-refractivity contribution in [2.75, 3.05) is 6.54 Å². The van der Waals surface area contributed by atoms with Gasteiger partial charge in [-0.05, 0) is 31.2 Å². The Labute approximate surface area is 116 Å². The van der Waals surface area contributed by atoms with E-state index in [9.17, 15) is 5.11 Å². The van der Waals surface area contributed by atoms with E-state index in [1.807, 2.05) is 11.7 Å². The van der Waals surface area contributed by atoms with E-state index < -0.39 is 5.60 Å². The molecule has 1 heterocycles. The molecule has 108 valence electrons. The molecule has 0 saturated heterocycles. The molecule has 1 aliphatic rings. The van der Waals surface area contributed by atoms with Gasteiger partial charge < -0.3 is 10.4 Å². The van der Waals surface area contributed by atoms with Crippen molar-refractivity contribution in [2.24, 2.45) is 13.0 Å². The molecule has 2 rings (SSSR count). The van der Waals surface area contributed by atoms with Crippen LogP contribution in [0.2, 0.25) is 0 Å². The molecule has 19 heavy (non-hydrogen) atoms. The molecule has 0 bridgehead atoms. The molecule has 1 aliphatic carbocycles. The molecular weight excluding hydrogens is 238 g/mol. The maximum atomic E-state index is 10.6. The lowest BCUT2D eigenvalue weighted by molar-refractivity contribution is -0.0120. The van der Waals surface area contributed by atoms with E-state index in [4.69, 9.17) is 0 Å². The van der Waals surface area contributed by atoms with E-state index in [0.29, 0.717) is 12.5 Å². The van der Waals surface area contributed by atoms with Gasteiger partial charge in [0, 0.05) is 20.1 Å². The van der Waals surface area contributed by atoms with E-state index >= 15 is 0 Å². The van der Waals surface area contributed by atoms with Crippen molar-refractivity contribution >= 4 is 0 Å². The van der Waals surface area contributed by atoms with Gasteiger partial charge in [-0.1, -0.05) is 26.7 Å². The van der Waals surface area contributed by atoms with Crippen LogP contribution in [0.5, 0.6) is 0 Å². The van der Waals surface area contributed by atoms with Crippen molar-refractivity contribution < 1.29 is 5.11 Å². The maximum Gasteiger partial charge on any atom is 0.0774 e. The van der Waals surface area contributed by atoms with Crippen molar-refractivity contribution in [3.05, 3.63) is 17.5 Å². The summed E-state index contributed by atoms with van der Waals surface area (Å²) < 4.78 is 1.93. The molecule has 2 N–H and O–H groups in total. The summed E-state index contributed by atoms with van der Waals surface area (Å²) in [6.45, 7) is 5.81. The Morgan fingerprint density at radius 3 is 3.00 bits per heavy atom. The lowest BCUT2D eigenvalue weighted by atomic mass is 9.79. The van der Waals surface area contributed by atoms with Gasteiger partial charge in [-0.25, -0.2) is 0 Å². The van der Waals surface area contributed by atoms with Crippen LogP contribution in [0.3, 0.4) is 0 Å². The molecule has 1 saturated carbocycles. The summed E-state index contributed by atoms with van der Waals surface area (Å²) in [4.78, 5) is 0. The Kier molecular flexibility index (Phi) is 4.63. The van der Waals surface area contributed by atoms with Gasteiger partial charge in [0.05, 0.1) is 17.0 Å². The molecule has 2 unspecified atom stereocenters. The standard InChI is InChI=1S/C15H27N3O/c1-4-13-8-14(18(3)17-13)10-16-11-15(19)7-5-6-12(2)9-15/h8,12,16,19H,4-7,9-11H2,1-3H3. The first-order chi connectivity index (χ1) is 9.02. The minimum Gasteiger partial charge on any atom is -0.389 e. The normalized spacial score (nSPS) is 27.7. The number of hydrogen-bond acceptors (Lipinski definition) is 3. The van der Waals surface area contributed by atoms with Crippen molar-refractivity contribution in [1.82, 2.24) is 15.1 Å². The SMILES string of the molecule is CCc1cc(CNCC2(O)CCCC(C)C2)n(C)n1.